The first-order valence-electron chi connectivity index (χ1n) is 7.52. The molecule has 2 rings (SSSR count). The lowest BCUT2D eigenvalue weighted by Gasteiger charge is -2.02. The number of hydrogen-bond acceptors (Lipinski definition) is 3. The molecule has 1 heterocycles. The van der Waals surface area contributed by atoms with E-state index >= 15 is 0 Å². The maximum Gasteiger partial charge on any atom is 0.248 e. The third-order valence-electron chi connectivity index (χ3n) is 3.35. The summed E-state index contributed by atoms with van der Waals surface area (Å²) in [5, 5.41) is 17.0. The number of benzene rings is 1. The SMILES string of the molecule is CCCCn1nc(C)c(/C=C/C(=O)Nc2cccc(O)c2)c1Cl. The molecule has 0 aliphatic rings. The van der Waals surface area contributed by atoms with Gasteiger partial charge in [0.15, 0.2) is 0 Å². The van der Waals surface area contributed by atoms with E-state index in [2.05, 4.69) is 17.3 Å². The summed E-state index contributed by atoms with van der Waals surface area (Å²) in [6.45, 7) is 4.73. The highest BCUT2D eigenvalue weighted by atomic mass is 35.5. The molecule has 0 radical (unpaired) electrons. The molecule has 1 aromatic carbocycles. The highest BCUT2D eigenvalue weighted by Crippen LogP contribution is 2.22. The smallest absolute Gasteiger partial charge is 0.248 e. The van der Waals surface area contributed by atoms with Gasteiger partial charge in [-0.05, 0) is 31.6 Å². The number of aryl methyl sites for hydroxylation is 2. The van der Waals surface area contributed by atoms with E-state index in [4.69, 9.17) is 11.6 Å². The Labute approximate surface area is 140 Å². The number of nitrogens with zero attached hydrogens (tertiary/aromatic N) is 2. The van der Waals surface area contributed by atoms with Crippen LogP contribution in [-0.4, -0.2) is 20.8 Å². The minimum absolute atomic E-state index is 0.0999. The summed E-state index contributed by atoms with van der Waals surface area (Å²) in [4.78, 5) is 11.9. The third kappa shape index (κ3) is 4.60. The van der Waals surface area contributed by atoms with Crippen LogP contribution < -0.4 is 5.32 Å². The van der Waals surface area contributed by atoms with Crippen molar-refractivity contribution in [1.29, 1.82) is 0 Å². The molecule has 5 nitrogen and oxygen atoms in total. The van der Waals surface area contributed by atoms with Gasteiger partial charge in [-0.2, -0.15) is 5.10 Å². The quantitative estimate of drug-likeness (QED) is 0.785. The number of phenolic OH excluding ortho intramolecular Hbond substituents is 1. The fourth-order valence-electron chi connectivity index (χ4n) is 2.14. The van der Waals surface area contributed by atoms with Crippen LogP contribution in [0.5, 0.6) is 5.75 Å². The van der Waals surface area contributed by atoms with E-state index in [1.54, 1.807) is 29.0 Å². The van der Waals surface area contributed by atoms with E-state index in [1.165, 1.54) is 12.1 Å². The van der Waals surface area contributed by atoms with Gasteiger partial charge in [0.1, 0.15) is 10.9 Å². The number of hydrogen-bond donors (Lipinski definition) is 2. The summed E-state index contributed by atoms with van der Waals surface area (Å²) < 4.78 is 1.76. The lowest BCUT2D eigenvalue weighted by molar-refractivity contribution is -0.111. The van der Waals surface area contributed by atoms with Crippen LogP contribution >= 0.6 is 11.6 Å². The van der Waals surface area contributed by atoms with Gasteiger partial charge in [0.05, 0.1) is 5.69 Å². The first-order chi connectivity index (χ1) is 11.0. The number of unbranched alkanes of at least 4 members (excludes halogenated alkanes) is 1. The molecular weight excluding hydrogens is 314 g/mol. The summed E-state index contributed by atoms with van der Waals surface area (Å²) in [5.74, 6) is -0.199. The van der Waals surface area contributed by atoms with Gasteiger partial charge >= 0.3 is 0 Å². The molecule has 0 aliphatic carbocycles. The predicted molar refractivity (Wildman–Crippen MR) is 92.7 cm³/mol. The van der Waals surface area contributed by atoms with Crippen LogP contribution in [0.1, 0.15) is 31.0 Å². The Bertz CT molecular complexity index is 723. The number of aromatic hydroxyl groups is 1. The predicted octanol–water partition coefficient (Wildman–Crippen LogP) is 4.00. The van der Waals surface area contributed by atoms with Crippen LogP contribution in [-0.2, 0) is 11.3 Å². The maximum atomic E-state index is 11.9. The second-order valence-electron chi connectivity index (χ2n) is 5.24. The van der Waals surface area contributed by atoms with Crippen molar-refractivity contribution in [3.63, 3.8) is 0 Å². The van der Waals surface area contributed by atoms with Gasteiger partial charge in [0, 0.05) is 29.9 Å². The van der Waals surface area contributed by atoms with Gasteiger partial charge in [-0.3, -0.25) is 9.48 Å². The zero-order valence-electron chi connectivity index (χ0n) is 13.2. The number of aromatic nitrogens is 2. The van der Waals surface area contributed by atoms with Crippen LogP contribution in [0.4, 0.5) is 5.69 Å². The highest BCUT2D eigenvalue weighted by molar-refractivity contribution is 6.31. The summed E-state index contributed by atoms with van der Waals surface area (Å²) in [5.41, 5.74) is 2.06. The maximum absolute atomic E-state index is 11.9. The molecule has 2 N–H and O–H groups in total. The molecule has 122 valence electrons. The van der Waals surface area contributed by atoms with E-state index in [9.17, 15) is 9.90 Å². The number of carbonyl (C=O) groups is 1. The Hall–Kier alpha value is -2.27. The largest absolute Gasteiger partial charge is 0.508 e. The Morgan fingerprint density at radius 1 is 1.48 bits per heavy atom. The van der Waals surface area contributed by atoms with Gasteiger partial charge in [-0.15, -0.1) is 0 Å². The molecule has 0 saturated carbocycles. The zero-order chi connectivity index (χ0) is 16.8. The number of rotatable bonds is 6. The van der Waals surface area contributed by atoms with Crippen LogP contribution in [0.3, 0.4) is 0 Å². The molecule has 6 heteroatoms. The molecular formula is C17H20ClN3O2. The van der Waals surface area contributed by atoms with Gasteiger partial charge in [-0.25, -0.2) is 0 Å². The zero-order valence-corrected chi connectivity index (χ0v) is 14.0. The molecule has 0 atom stereocenters. The van der Waals surface area contributed by atoms with Crippen LogP contribution in [0.15, 0.2) is 30.3 Å². The number of carbonyl (C=O) groups excluding carboxylic acids is 1. The Kier molecular flexibility index (Phi) is 5.82. The lowest BCUT2D eigenvalue weighted by atomic mass is 10.2. The fraction of sp³-hybridized carbons (Fsp3) is 0.294. The van der Waals surface area contributed by atoms with E-state index in [-0.39, 0.29) is 11.7 Å². The summed E-state index contributed by atoms with van der Waals surface area (Å²) in [6.07, 6.45) is 5.13. The Balaban J connectivity index is 2.07. The molecule has 0 aliphatic heterocycles. The van der Waals surface area contributed by atoms with Crippen LogP contribution in [0.25, 0.3) is 6.08 Å². The van der Waals surface area contributed by atoms with Crippen molar-refractivity contribution in [2.75, 3.05) is 5.32 Å². The average molecular weight is 334 g/mol. The third-order valence-corrected chi connectivity index (χ3v) is 3.75. The average Bonchev–Trinajstić information content (AvgIpc) is 2.77. The molecule has 23 heavy (non-hydrogen) atoms. The van der Waals surface area contributed by atoms with Gasteiger partial charge < -0.3 is 10.4 Å². The number of phenols is 1. The molecule has 1 aromatic heterocycles. The first-order valence-corrected chi connectivity index (χ1v) is 7.90. The van der Waals surface area contributed by atoms with Gasteiger partial charge in [-0.1, -0.05) is 31.0 Å². The molecule has 0 unspecified atom stereocenters. The first kappa shape index (κ1) is 17.1. The number of anilines is 1. The van der Waals surface area contributed by atoms with Gasteiger partial charge in [0.25, 0.3) is 0 Å². The molecule has 0 fully saturated rings. The van der Waals surface area contributed by atoms with E-state index in [0.717, 1.165) is 30.6 Å². The van der Waals surface area contributed by atoms with Crippen molar-refractivity contribution in [1.82, 2.24) is 9.78 Å². The minimum Gasteiger partial charge on any atom is -0.508 e. The van der Waals surface area contributed by atoms with Crippen molar-refractivity contribution in [2.45, 2.75) is 33.2 Å². The van der Waals surface area contributed by atoms with Crippen molar-refractivity contribution in [2.24, 2.45) is 0 Å². The van der Waals surface area contributed by atoms with Crippen molar-refractivity contribution < 1.29 is 9.90 Å². The van der Waals surface area contributed by atoms with Crippen molar-refractivity contribution in [3.8, 4) is 5.75 Å². The normalized spacial score (nSPS) is 11.1. The molecule has 0 spiro atoms. The second kappa shape index (κ2) is 7.83. The summed E-state index contributed by atoms with van der Waals surface area (Å²) in [7, 11) is 0. The monoisotopic (exact) mass is 333 g/mol. The number of halogens is 1. The van der Waals surface area contributed by atoms with Crippen LogP contribution in [0.2, 0.25) is 5.15 Å². The van der Waals surface area contributed by atoms with E-state index in [1.807, 2.05) is 6.92 Å². The molecule has 0 bridgehead atoms. The number of nitrogens with one attached hydrogen (secondary N) is 1. The summed E-state index contributed by atoms with van der Waals surface area (Å²) in [6, 6.07) is 6.38. The Morgan fingerprint density at radius 3 is 2.96 bits per heavy atom. The van der Waals surface area contributed by atoms with Crippen LogP contribution in [0, 0.1) is 6.92 Å². The molecule has 2 aromatic rings. The van der Waals surface area contributed by atoms with E-state index in [0.29, 0.717) is 10.8 Å². The lowest BCUT2D eigenvalue weighted by Crippen LogP contribution is -2.07. The molecule has 0 saturated heterocycles. The fourth-order valence-corrected chi connectivity index (χ4v) is 2.46. The van der Waals surface area contributed by atoms with Crippen molar-refractivity contribution >= 4 is 29.3 Å². The minimum atomic E-state index is -0.299. The van der Waals surface area contributed by atoms with Gasteiger partial charge in [0.2, 0.25) is 5.91 Å². The Morgan fingerprint density at radius 2 is 2.26 bits per heavy atom. The van der Waals surface area contributed by atoms with E-state index < -0.39 is 0 Å². The highest BCUT2D eigenvalue weighted by Gasteiger charge is 2.11. The van der Waals surface area contributed by atoms with Crippen molar-refractivity contribution in [3.05, 3.63) is 46.8 Å². The molecule has 1 amide bonds. The standard InChI is InChI=1S/C17H20ClN3O2/c1-3-4-10-21-17(18)15(12(2)20-21)8-9-16(23)19-13-6-5-7-14(22)11-13/h5-9,11,22H,3-4,10H2,1-2H3,(H,19,23)/b9-8+. The summed E-state index contributed by atoms with van der Waals surface area (Å²) >= 11 is 6.31. The topological polar surface area (TPSA) is 67.2 Å². The number of amides is 1. The second-order valence-corrected chi connectivity index (χ2v) is 5.60.